The van der Waals surface area contributed by atoms with E-state index >= 15 is 0 Å². The second kappa shape index (κ2) is 6.43. The second-order valence-corrected chi connectivity index (χ2v) is 5.59. The van der Waals surface area contributed by atoms with Crippen molar-refractivity contribution in [2.45, 2.75) is 19.3 Å². The normalized spacial score (nSPS) is 9.36. The van der Waals surface area contributed by atoms with Gasteiger partial charge in [0.2, 0.25) is 0 Å². The predicted octanol–water partition coefficient (Wildman–Crippen LogP) is 2.22. The first-order valence-electron chi connectivity index (χ1n) is 4.60. The van der Waals surface area contributed by atoms with Gasteiger partial charge >= 0.3 is 91.4 Å². The molecule has 0 amide bonds. The molecule has 0 aromatic heterocycles. The summed E-state index contributed by atoms with van der Waals surface area (Å²) in [6, 6.07) is 12.6. The van der Waals surface area contributed by atoms with Gasteiger partial charge in [0.25, 0.3) is 0 Å². The van der Waals surface area contributed by atoms with Crippen LogP contribution in [-0.2, 0) is 0 Å². The molecule has 72 valence electrons. The van der Waals surface area contributed by atoms with Gasteiger partial charge in [0.05, 0.1) is 0 Å². The fraction of sp³-hybridized carbons (Fsp3) is 0.250. The third kappa shape index (κ3) is 4.28. The third-order valence-electron chi connectivity index (χ3n) is 1.75. The number of allylic oxidation sites excluding steroid dienone is 1. The van der Waals surface area contributed by atoms with Crippen LogP contribution in [0.5, 0.6) is 0 Å². The number of nitrogens with zero attached hydrogens (tertiary/aromatic N) is 1. The Labute approximate surface area is 91.6 Å². The molecule has 1 rings (SSSR count). The zero-order valence-corrected chi connectivity index (χ0v) is 9.78. The fourth-order valence-electron chi connectivity index (χ4n) is 1.07. The van der Waals surface area contributed by atoms with E-state index in [1.807, 2.05) is 6.07 Å². The second-order valence-electron chi connectivity index (χ2n) is 2.97. The Morgan fingerprint density at radius 2 is 2.07 bits per heavy atom. The van der Waals surface area contributed by atoms with Crippen LogP contribution in [0, 0.1) is 11.3 Å². The van der Waals surface area contributed by atoms with Gasteiger partial charge in [-0.1, -0.05) is 0 Å². The van der Waals surface area contributed by atoms with Crippen molar-refractivity contribution in [1.82, 2.24) is 0 Å². The van der Waals surface area contributed by atoms with E-state index in [0.29, 0.717) is 21.4 Å². The van der Waals surface area contributed by atoms with Gasteiger partial charge in [0.1, 0.15) is 0 Å². The molecule has 0 N–H and O–H groups in total. The number of hydrogen-bond acceptors (Lipinski definition) is 1. The van der Waals surface area contributed by atoms with Crippen LogP contribution in [0.25, 0.3) is 0 Å². The summed E-state index contributed by atoms with van der Waals surface area (Å²) in [6.45, 7) is 4.04. The van der Waals surface area contributed by atoms with Crippen molar-refractivity contribution in [2.24, 2.45) is 0 Å². The molecule has 0 saturated heterocycles. The average molecular weight is 250 g/mol. The minimum atomic E-state index is 0.372. The minimum absolute atomic E-state index is 0.372. The van der Waals surface area contributed by atoms with Gasteiger partial charge in [-0.3, -0.25) is 0 Å². The van der Waals surface area contributed by atoms with Crippen LogP contribution in [-0.4, -0.2) is 15.0 Å². The molecule has 0 aliphatic carbocycles. The van der Waals surface area contributed by atoms with E-state index in [2.05, 4.69) is 36.9 Å². The molecule has 0 aliphatic heterocycles. The molecule has 2 heteroatoms. The van der Waals surface area contributed by atoms with Crippen molar-refractivity contribution >= 4 is 19.4 Å². The predicted molar refractivity (Wildman–Crippen MR) is 60.4 cm³/mol. The number of hydrogen-bond donors (Lipinski definition) is 0. The summed E-state index contributed by atoms with van der Waals surface area (Å²) in [5, 5.41) is 8.39. The molecule has 0 fully saturated rings. The summed E-state index contributed by atoms with van der Waals surface area (Å²) >= 11 is 0.372. The molecular weight excluding hydrogens is 237 g/mol. The van der Waals surface area contributed by atoms with E-state index in [1.54, 1.807) is 0 Å². The zero-order valence-electron chi connectivity index (χ0n) is 8.07. The van der Waals surface area contributed by atoms with E-state index in [-0.39, 0.29) is 0 Å². The van der Waals surface area contributed by atoms with Gasteiger partial charge in [-0.2, -0.15) is 0 Å². The van der Waals surface area contributed by atoms with Crippen molar-refractivity contribution in [3.63, 3.8) is 0 Å². The summed E-state index contributed by atoms with van der Waals surface area (Å²) in [5.41, 5.74) is 0. The first-order chi connectivity index (χ1) is 6.83. The molecule has 0 unspecified atom stereocenters. The van der Waals surface area contributed by atoms with E-state index in [9.17, 15) is 0 Å². The van der Waals surface area contributed by atoms with Crippen LogP contribution < -0.4 is 4.46 Å². The van der Waals surface area contributed by atoms with Crippen LogP contribution in [0.2, 0.25) is 0 Å². The number of nitriles is 1. The molecule has 1 aromatic rings. The van der Waals surface area contributed by atoms with E-state index < -0.39 is 0 Å². The molecule has 0 bridgehead atoms. The Bertz CT molecular complexity index is 324. The van der Waals surface area contributed by atoms with Gasteiger partial charge in [-0.15, -0.1) is 0 Å². The monoisotopic (exact) mass is 251 g/mol. The maximum atomic E-state index is 8.39. The van der Waals surface area contributed by atoms with Crippen molar-refractivity contribution in [3.05, 3.63) is 41.4 Å². The number of benzene rings is 1. The van der Waals surface area contributed by atoms with Crippen LogP contribution in [0.4, 0.5) is 0 Å². The Kier molecular flexibility index (Phi) is 5.07. The summed E-state index contributed by atoms with van der Waals surface area (Å²) in [5.74, 6) is 0. The molecule has 0 heterocycles. The quantitative estimate of drug-likeness (QED) is 0.580. The standard InChI is InChI=1S/C12H13NSe/c1-11(7-5-6-10-13)14-12-8-3-2-4-9-12/h2-4,8-9H,1,5-7H2. The first-order valence-corrected chi connectivity index (χ1v) is 6.32. The van der Waals surface area contributed by atoms with E-state index in [4.69, 9.17) is 5.26 Å². The van der Waals surface area contributed by atoms with Gasteiger partial charge in [-0.05, 0) is 0 Å². The van der Waals surface area contributed by atoms with Crippen molar-refractivity contribution in [1.29, 1.82) is 5.26 Å². The zero-order chi connectivity index (χ0) is 10.2. The SMILES string of the molecule is C=C(CCCC#N)[Se]c1ccccc1. The average Bonchev–Trinajstić information content (AvgIpc) is 2.20. The molecule has 0 atom stereocenters. The van der Waals surface area contributed by atoms with Gasteiger partial charge < -0.3 is 0 Å². The Balaban J connectivity index is 2.32. The van der Waals surface area contributed by atoms with Crippen molar-refractivity contribution in [3.8, 4) is 6.07 Å². The number of rotatable bonds is 5. The molecule has 14 heavy (non-hydrogen) atoms. The topological polar surface area (TPSA) is 23.8 Å². The van der Waals surface area contributed by atoms with Crippen LogP contribution in [0.3, 0.4) is 0 Å². The summed E-state index contributed by atoms with van der Waals surface area (Å²) in [4.78, 5) is 0. The van der Waals surface area contributed by atoms with Crippen molar-refractivity contribution in [2.75, 3.05) is 0 Å². The number of unbranched alkanes of at least 4 members (excludes halogenated alkanes) is 1. The molecule has 1 aromatic carbocycles. The van der Waals surface area contributed by atoms with Crippen LogP contribution in [0.1, 0.15) is 19.3 Å². The van der Waals surface area contributed by atoms with Crippen LogP contribution >= 0.6 is 0 Å². The Morgan fingerprint density at radius 3 is 2.71 bits per heavy atom. The molecular formula is C12H13NSe. The van der Waals surface area contributed by atoms with E-state index in [1.165, 1.54) is 8.93 Å². The van der Waals surface area contributed by atoms with Gasteiger partial charge in [-0.25, -0.2) is 0 Å². The van der Waals surface area contributed by atoms with Gasteiger partial charge in [0, 0.05) is 0 Å². The Morgan fingerprint density at radius 1 is 1.36 bits per heavy atom. The maximum absolute atomic E-state index is 8.39. The van der Waals surface area contributed by atoms with E-state index in [0.717, 1.165) is 12.8 Å². The Hall–Kier alpha value is -1.03. The van der Waals surface area contributed by atoms with Gasteiger partial charge in [0.15, 0.2) is 0 Å². The molecule has 1 nitrogen and oxygen atoms in total. The summed E-state index contributed by atoms with van der Waals surface area (Å²) in [7, 11) is 0. The summed E-state index contributed by atoms with van der Waals surface area (Å²) in [6.07, 6.45) is 2.58. The third-order valence-corrected chi connectivity index (χ3v) is 3.85. The first kappa shape index (κ1) is 11.0. The molecule has 0 saturated carbocycles. The van der Waals surface area contributed by atoms with Crippen LogP contribution in [0.15, 0.2) is 41.4 Å². The fourth-order valence-corrected chi connectivity index (χ4v) is 2.90. The molecule has 0 spiro atoms. The molecule has 0 aliphatic rings. The summed E-state index contributed by atoms with van der Waals surface area (Å²) < 4.78 is 2.64. The molecule has 0 radical (unpaired) electrons. The van der Waals surface area contributed by atoms with Crippen molar-refractivity contribution < 1.29 is 0 Å².